The Labute approximate surface area is 160 Å². The molecule has 0 spiro atoms. The molecule has 2 heterocycles. The SMILES string of the molecule is Cl.Cl.NC[C@H]1CC[C@@H](C(=O)NCc2ccc(-c3cccnc3)cc2)O1. The Morgan fingerprint density at radius 2 is 1.92 bits per heavy atom. The Hall–Kier alpha value is -1.66. The molecular formula is C18H23Cl2N3O2. The smallest absolute Gasteiger partial charge is 0.249 e. The summed E-state index contributed by atoms with van der Waals surface area (Å²) < 4.78 is 5.59. The number of nitrogens with one attached hydrogen (secondary N) is 1. The molecule has 0 radical (unpaired) electrons. The average Bonchev–Trinajstić information content (AvgIpc) is 3.10. The Kier molecular flexibility index (Phi) is 8.86. The molecule has 136 valence electrons. The Bertz CT molecular complexity index is 653. The van der Waals surface area contributed by atoms with E-state index >= 15 is 0 Å². The van der Waals surface area contributed by atoms with Crippen LogP contribution in [0.25, 0.3) is 11.1 Å². The minimum Gasteiger partial charge on any atom is -0.364 e. The van der Waals surface area contributed by atoms with Gasteiger partial charge in [0, 0.05) is 25.5 Å². The van der Waals surface area contributed by atoms with E-state index in [1.165, 1.54) is 0 Å². The van der Waals surface area contributed by atoms with Gasteiger partial charge in [-0.3, -0.25) is 9.78 Å². The summed E-state index contributed by atoms with van der Waals surface area (Å²) in [6, 6.07) is 12.0. The molecule has 1 aromatic heterocycles. The summed E-state index contributed by atoms with van der Waals surface area (Å²) in [5.41, 5.74) is 8.81. The van der Waals surface area contributed by atoms with Crippen LogP contribution in [0.1, 0.15) is 18.4 Å². The third-order valence-corrected chi connectivity index (χ3v) is 4.08. The first-order valence-electron chi connectivity index (χ1n) is 7.89. The van der Waals surface area contributed by atoms with Crippen LogP contribution in [0.4, 0.5) is 0 Å². The average molecular weight is 384 g/mol. The number of halogens is 2. The van der Waals surface area contributed by atoms with Crippen LogP contribution in [0, 0.1) is 0 Å². The van der Waals surface area contributed by atoms with Gasteiger partial charge < -0.3 is 15.8 Å². The number of pyridine rings is 1. The molecule has 0 aliphatic carbocycles. The molecule has 1 aliphatic heterocycles. The summed E-state index contributed by atoms with van der Waals surface area (Å²) in [7, 11) is 0. The highest BCUT2D eigenvalue weighted by atomic mass is 35.5. The zero-order valence-electron chi connectivity index (χ0n) is 13.8. The van der Waals surface area contributed by atoms with E-state index in [-0.39, 0.29) is 42.9 Å². The van der Waals surface area contributed by atoms with Crippen molar-refractivity contribution in [2.24, 2.45) is 5.73 Å². The summed E-state index contributed by atoms with van der Waals surface area (Å²) in [5, 5.41) is 2.93. The van der Waals surface area contributed by atoms with Crippen LogP contribution in [0.15, 0.2) is 48.8 Å². The summed E-state index contributed by atoms with van der Waals surface area (Å²) in [5.74, 6) is -0.0581. The minimum absolute atomic E-state index is 0. The number of rotatable bonds is 5. The molecule has 3 rings (SSSR count). The highest BCUT2D eigenvalue weighted by Gasteiger charge is 2.29. The van der Waals surface area contributed by atoms with Crippen LogP contribution in [0.2, 0.25) is 0 Å². The highest BCUT2D eigenvalue weighted by molar-refractivity contribution is 5.85. The van der Waals surface area contributed by atoms with Gasteiger partial charge in [0.25, 0.3) is 0 Å². The molecule has 7 heteroatoms. The van der Waals surface area contributed by atoms with Gasteiger partial charge >= 0.3 is 0 Å². The lowest BCUT2D eigenvalue weighted by Gasteiger charge is -2.13. The highest BCUT2D eigenvalue weighted by Crippen LogP contribution is 2.20. The number of nitrogens with zero attached hydrogens (tertiary/aromatic N) is 1. The second-order valence-corrected chi connectivity index (χ2v) is 5.72. The number of ether oxygens (including phenoxy) is 1. The van der Waals surface area contributed by atoms with Crippen molar-refractivity contribution < 1.29 is 9.53 Å². The quantitative estimate of drug-likeness (QED) is 0.831. The van der Waals surface area contributed by atoms with E-state index in [4.69, 9.17) is 10.5 Å². The molecule has 0 unspecified atom stereocenters. The molecule has 25 heavy (non-hydrogen) atoms. The van der Waals surface area contributed by atoms with Gasteiger partial charge in [0.1, 0.15) is 6.10 Å². The van der Waals surface area contributed by atoms with Crippen molar-refractivity contribution in [3.63, 3.8) is 0 Å². The first kappa shape index (κ1) is 21.4. The molecule has 1 saturated heterocycles. The van der Waals surface area contributed by atoms with Gasteiger partial charge in [-0.25, -0.2) is 0 Å². The number of aromatic nitrogens is 1. The zero-order chi connectivity index (χ0) is 16.1. The van der Waals surface area contributed by atoms with Crippen molar-refractivity contribution in [1.82, 2.24) is 10.3 Å². The monoisotopic (exact) mass is 383 g/mol. The van der Waals surface area contributed by atoms with E-state index in [0.717, 1.165) is 29.5 Å². The Balaban J connectivity index is 0.00000156. The summed E-state index contributed by atoms with van der Waals surface area (Å²) >= 11 is 0. The van der Waals surface area contributed by atoms with Crippen LogP contribution in [0.5, 0.6) is 0 Å². The zero-order valence-corrected chi connectivity index (χ0v) is 15.4. The summed E-state index contributed by atoms with van der Waals surface area (Å²) in [6.45, 7) is 0.971. The number of hydrogen-bond acceptors (Lipinski definition) is 4. The molecule has 0 bridgehead atoms. The molecule has 2 atom stereocenters. The number of benzene rings is 1. The van der Waals surface area contributed by atoms with Gasteiger partial charge in [-0.05, 0) is 35.6 Å². The van der Waals surface area contributed by atoms with Crippen molar-refractivity contribution in [3.05, 3.63) is 54.4 Å². The van der Waals surface area contributed by atoms with Crippen molar-refractivity contribution in [3.8, 4) is 11.1 Å². The molecule has 1 aliphatic rings. The van der Waals surface area contributed by atoms with E-state index in [9.17, 15) is 4.79 Å². The van der Waals surface area contributed by atoms with Gasteiger partial charge in [0.15, 0.2) is 0 Å². The second-order valence-electron chi connectivity index (χ2n) is 5.72. The maximum atomic E-state index is 12.1. The predicted octanol–water partition coefficient (Wildman–Crippen LogP) is 2.71. The fourth-order valence-corrected chi connectivity index (χ4v) is 2.72. The van der Waals surface area contributed by atoms with E-state index in [2.05, 4.69) is 10.3 Å². The van der Waals surface area contributed by atoms with Crippen LogP contribution >= 0.6 is 24.8 Å². The molecule has 0 saturated carbocycles. The number of carbonyl (C=O) groups is 1. The summed E-state index contributed by atoms with van der Waals surface area (Å²) in [4.78, 5) is 16.2. The predicted molar refractivity (Wildman–Crippen MR) is 103 cm³/mol. The largest absolute Gasteiger partial charge is 0.364 e. The summed E-state index contributed by atoms with van der Waals surface area (Å²) in [6.07, 6.45) is 4.85. The molecular weight excluding hydrogens is 361 g/mol. The van der Waals surface area contributed by atoms with E-state index in [1.807, 2.05) is 42.6 Å². The van der Waals surface area contributed by atoms with Crippen molar-refractivity contribution >= 4 is 30.7 Å². The van der Waals surface area contributed by atoms with Crippen molar-refractivity contribution in [2.75, 3.05) is 6.54 Å². The molecule has 1 fully saturated rings. The normalized spacial score (nSPS) is 18.8. The maximum absolute atomic E-state index is 12.1. The maximum Gasteiger partial charge on any atom is 0.249 e. The first-order chi connectivity index (χ1) is 11.3. The van der Waals surface area contributed by atoms with E-state index < -0.39 is 0 Å². The third-order valence-electron chi connectivity index (χ3n) is 4.08. The van der Waals surface area contributed by atoms with Gasteiger partial charge in [-0.2, -0.15) is 0 Å². The molecule has 1 amide bonds. The molecule has 2 aromatic rings. The Morgan fingerprint density at radius 3 is 2.52 bits per heavy atom. The fourth-order valence-electron chi connectivity index (χ4n) is 2.72. The Morgan fingerprint density at radius 1 is 1.16 bits per heavy atom. The molecule has 3 N–H and O–H groups in total. The topological polar surface area (TPSA) is 77.2 Å². The lowest BCUT2D eigenvalue weighted by molar-refractivity contribution is -0.132. The molecule has 1 aromatic carbocycles. The molecule has 5 nitrogen and oxygen atoms in total. The number of amides is 1. The second kappa shape index (κ2) is 10.4. The first-order valence-corrected chi connectivity index (χ1v) is 7.89. The van der Waals surface area contributed by atoms with Crippen LogP contribution in [0.3, 0.4) is 0 Å². The van der Waals surface area contributed by atoms with Crippen molar-refractivity contribution in [2.45, 2.75) is 31.6 Å². The standard InChI is InChI=1S/C18H21N3O2.2ClH/c19-10-16-7-8-17(23-16)18(22)21-11-13-3-5-14(6-4-13)15-2-1-9-20-12-15;;/h1-6,9,12,16-17H,7-8,10-11,19H2,(H,21,22);2*1H/t16-,17+;;/m1../s1. The lowest BCUT2D eigenvalue weighted by atomic mass is 10.1. The van der Waals surface area contributed by atoms with Crippen LogP contribution in [-0.2, 0) is 16.1 Å². The van der Waals surface area contributed by atoms with Crippen LogP contribution in [-0.4, -0.2) is 29.6 Å². The number of nitrogens with two attached hydrogens (primary N) is 1. The van der Waals surface area contributed by atoms with Gasteiger partial charge in [-0.1, -0.05) is 30.3 Å². The van der Waals surface area contributed by atoms with Crippen LogP contribution < -0.4 is 11.1 Å². The number of carbonyl (C=O) groups excluding carboxylic acids is 1. The van der Waals surface area contributed by atoms with Gasteiger partial charge in [0.2, 0.25) is 5.91 Å². The lowest BCUT2D eigenvalue weighted by Crippen LogP contribution is -2.35. The van der Waals surface area contributed by atoms with E-state index in [1.54, 1.807) is 6.20 Å². The fraction of sp³-hybridized carbons (Fsp3) is 0.333. The van der Waals surface area contributed by atoms with Crippen molar-refractivity contribution in [1.29, 1.82) is 0 Å². The minimum atomic E-state index is -0.363. The number of hydrogen-bond donors (Lipinski definition) is 2. The van der Waals surface area contributed by atoms with Gasteiger partial charge in [0.05, 0.1) is 6.10 Å². The van der Waals surface area contributed by atoms with Gasteiger partial charge in [-0.15, -0.1) is 24.8 Å². The van der Waals surface area contributed by atoms with E-state index in [0.29, 0.717) is 13.1 Å². The third kappa shape index (κ3) is 5.68.